The molecule has 0 aliphatic rings. The fourth-order valence-corrected chi connectivity index (χ4v) is 2.97. The number of ether oxygens (including phenoxy) is 2. The predicted octanol–water partition coefficient (Wildman–Crippen LogP) is 3.38. The fraction of sp³-hybridized carbons (Fsp3) is 0.154. The van der Waals surface area contributed by atoms with E-state index in [4.69, 9.17) is 20.3 Å². The van der Waals surface area contributed by atoms with Gasteiger partial charge in [0.25, 0.3) is 0 Å². The summed E-state index contributed by atoms with van der Waals surface area (Å²) in [4.78, 5) is 12.1. The molecule has 0 radical (unpaired) electrons. The second-order valence-corrected chi connectivity index (χ2v) is 5.83. The maximum Gasteiger partial charge on any atom is 0.337 e. The van der Waals surface area contributed by atoms with Crippen molar-refractivity contribution in [1.29, 1.82) is 0 Å². The quantitative estimate of drug-likeness (QED) is 0.801. The lowest BCUT2D eigenvalue weighted by Crippen LogP contribution is -2.05. The Labute approximate surface area is 128 Å². The molecule has 1 heterocycles. The Morgan fingerprint density at radius 3 is 2.70 bits per heavy atom. The molecule has 0 saturated heterocycles. The number of nitrogen functional groups attached to an aromatic ring is 1. The molecule has 3 N–H and O–H groups in total. The van der Waals surface area contributed by atoms with Crippen molar-refractivity contribution >= 4 is 38.9 Å². The van der Waals surface area contributed by atoms with Gasteiger partial charge in [0, 0.05) is 26.9 Å². The van der Waals surface area contributed by atoms with Gasteiger partial charge in [-0.3, -0.25) is 0 Å². The first-order valence-electron chi connectivity index (χ1n) is 5.57. The van der Waals surface area contributed by atoms with Crippen molar-refractivity contribution in [1.82, 2.24) is 0 Å². The van der Waals surface area contributed by atoms with E-state index in [2.05, 4.69) is 15.9 Å². The normalized spacial score (nSPS) is 10.3. The summed E-state index contributed by atoms with van der Waals surface area (Å²) < 4.78 is 11.8. The summed E-state index contributed by atoms with van der Waals surface area (Å²) in [6.45, 7) is 0.329. The Morgan fingerprint density at radius 2 is 2.15 bits per heavy atom. The number of carbonyl (C=O) groups is 1. The van der Waals surface area contributed by atoms with Crippen LogP contribution >= 0.6 is 27.3 Å². The molecule has 0 unspecified atom stereocenters. The molecule has 2 aromatic rings. The molecule has 0 fully saturated rings. The standard InChI is InChI=1S/C13H12BrNO4S/c1-18-11-4-10(15)9(13(16)17)3-12(11)19-5-8-2-7(14)6-20-8/h2-4,6H,5,15H2,1H3,(H,16,17). The van der Waals surface area contributed by atoms with E-state index >= 15 is 0 Å². The number of hydrogen-bond acceptors (Lipinski definition) is 5. The van der Waals surface area contributed by atoms with E-state index in [1.54, 1.807) is 11.3 Å². The van der Waals surface area contributed by atoms with Crippen molar-refractivity contribution in [2.45, 2.75) is 6.61 Å². The van der Waals surface area contributed by atoms with Gasteiger partial charge in [0.15, 0.2) is 11.5 Å². The van der Waals surface area contributed by atoms with E-state index < -0.39 is 5.97 Å². The summed E-state index contributed by atoms with van der Waals surface area (Å²) in [6, 6.07) is 4.76. The maximum absolute atomic E-state index is 11.1. The van der Waals surface area contributed by atoms with E-state index in [1.807, 2.05) is 11.4 Å². The molecule has 2 rings (SSSR count). The summed E-state index contributed by atoms with van der Waals surface area (Å²) in [7, 11) is 1.48. The summed E-state index contributed by atoms with van der Waals surface area (Å²) in [5, 5.41) is 11.0. The van der Waals surface area contributed by atoms with E-state index in [1.165, 1.54) is 19.2 Å². The molecule has 0 atom stereocenters. The Kier molecular flexibility index (Phi) is 4.51. The van der Waals surface area contributed by atoms with Crippen molar-refractivity contribution < 1.29 is 19.4 Å². The van der Waals surface area contributed by atoms with Crippen LogP contribution in [0.15, 0.2) is 28.1 Å². The highest BCUT2D eigenvalue weighted by Crippen LogP contribution is 2.33. The number of nitrogens with two attached hydrogens (primary N) is 1. The van der Waals surface area contributed by atoms with Gasteiger partial charge in [-0.25, -0.2) is 4.79 Å². The summed E-state index contributed by atoms with van der Waals surface area (Å²) >= 11 is 4.90. The minimum atomic E-state index is -1.10. The van der Waals surface area contributed by atoms with Crippen LogP contribution in [0, 0.1) is 0 Å². The van der Waals surface area contributed by atoms with Gasteiger partial charge in [-0.1, -0.05) is 0 Å². The van der Waals surface area contributed by atoms with Gasteiger partial charge >= 0.3 is 5.97 Å². The van der Waals surface area contributed by atoms with Crippen LogP contribution in [0.5, 0.6) is 11.5 Å². The second kappa shape index (κ2) is 6.15. The molecule has 0 aliphatic carbocycles. The number of methoxy groups -OCH3 is 1. The SMILES string of the molecule is COc1cc(N)c(C(=O)O)cc1OCc1cc(Br)cs1. The van der Waals surface area contributed by atoms with Crippen LogP contribution in [-0.2, 0) is 6.61 Å². The number of anilines is 1. The van der Waals surface area contributed by atoms with Crippen LogP contribution in [0.1, 0.15) is 15.2 Å². The van der Waals surface area contributed by atoms with E-state index in [9.17, 15) is 4.79 Å². The van der Waals surface area contributed by atoms with Gasteiger partial charge in [0.05, 0.1) is 18.4 Å². The Balaban J connectivity index is 2.25. The third-order valence-electron chi connectivity index (χ3n) is 2.56. The minimum absolute atomic E-state index is 0.00633. The summed E-state index contributed by atoms with van der Waals surface area (Å²) in [5.41, 5.74) is 5.79. The number of thiophene rings is 1. The minimum Gasteiger partial charge on any atom is -0.493 e. The molecule has 1 aromatic carbocycles. The van der Waals surface area contributed by atoms with Crippen LogP contribution in [0.3, 0.4) is 0 Å². The number of aromatic carboxylic acids is 1. The zero-order valence-electron chi connectivity index (χ0n) is 10.6. The highest BCUT2D eigenvalue weighted by atomic mass is 79.9. The van der Waals surface area contributed by atoms with E-state index in [-0.39, 0.29) is 11.3 Å². The third kappa shape index (κ3) is 3.23. The van der Waals surface area contributed by atoms with Gasteiger partial charge in [0.2, 0.25) is 0 Å². The van der Waals surface area contributed by atoms with Gasteiger partial charge in [-0.15, -0.1) is 11.3 Å². The van der Waals surface area contributed by atoms with Gasteiger partial charge in [-0.05, 0) is 22.0 Å². The zero-order chi connectivity index (χ0) is 14.7. The monoisotopic (exact) mass is 357 g/mol. The Morgan fingerprint density at radius 1 is 1.40 bits per heavy atom. The second-order valence-electron chi connectivity index (χ2n) is 3.92. The number of carboxylic acid groups (broad SMARTS) is 1. The first kappa shape index (κ1) is 14.7. The summed E-state index contributed by atoms with van der Waals surface area (Å²) in [6.07, 6.45) is 0. The molecule has 0 bridgehead atoms. The van der Waals surface area contributed by atoms with Crippen molar-refractivity contribution in [3.63, 3.8) is 0 Å². The molecule has 0 aliphatic heterocycles. The van der Waals surface area contributed by atoms with Crippen molar-refractivity contribution in [2.24, 2.45) is 0 Å². The Hall–Kier alpha value is -1.73. The number of benzene rings is 1. The van der Waals surface area contributed by atoms with Crippen LogP contribution in [0.25, 0.3) is 0 Å². The van der Waals surface area contributed by atoms with E-state index in [0.717, 1.165) is 9.35 Å². The average molecular weight is 358 g/mol. The van der Waals surface area contributed by atoms with Crippen LogP contribution in [0.2, 0.25) is 0 Å². The van der Waals surface area contributed by atoms with Crippen molar-refractivity contribution in [3.8, 4) is 11.5 Å². The molecule has 0 spiro atoms. The highest BCUT2D eigenvalue weighted by molar-refractivity contribution is 9.10. The molecular weight excluding hydrogens is 346 g/mol. The first-order valence-corrected chi connectivity index (χ1v) is 7.25. The van der Waals surface area contributed by atoms with Crippen molar-refractivity contribution in [2.75, 3.05) is 12.8 Å². The van der Waals surface area contributed by atoms with E-state index in [0.29, 0.717) is 18.1 Å². The molecule has 20 heavy (non-hydrogen) atoms. The Bertz CT molecular complexity index is 641. The topological polar surface area (TPSA) is 81.8 Å². The number of halogens is 1. The lowest BCUT2D eigenvalue weighted by molar-refractivity contribution is 0.0697. The summed E-state index contributed by atoms with van der Waals surface area (Å²) in [5.74, 6) is -0.347. The third-order valence-corrected chi connectivity index (χ3v) is 4.23. The fourth-order valence-electron chi connectivity index (χ4n) is 1.61. The van der Waals surface area contributed by atoms with Crippen LogP contribution in [-0.4, -0.2) is 18.2 Å². The molecular formula is C13H12BrNO4S. The number of carboxylic acids is 1. The number of hydrogen-bond donors (Lipinski definition) is 2. The smallest absolute Gasteiger partial charge is 0.337 e. The predicted molar refractivity (Wildman–Crippen MR) is 80.7 cm³/mol. The maximum atomic E-state index is 11.1. The van der Waals surface area contributed by atoms with Crippen LogP contribution in [0.4, 0.5) is 5.69 Å². The average Bonchev–Trinajstić information content (AvgIpc) is 2.82. The van der Waals surface area contributed by atoms with Crippen LogP contribution < -0.4 is 15.2 Å². The zero-order valence-corrected chi connectivity index (χ0v) is 13.0. The first-order chi connectivity index (χ1) is 9.51. The lowest BCUT2D eigenvalue weighted by Gasteiger charge is -2.12. The number of rotatable bonds is 5. The molecule has 0 amide bonds. The van der Waals surface area contributed by atoms with Crippen molar-refractivity contribution in [3.05, 3.63) is 38.5 Å². The molecule has 106 valence electrons. The van der Waals surface area contributed by atoms with Gasteiger partial charge in [-0.2, -0.15) is 0 Å². The molecule has 5 nitrogen and oxygen atoms in total. The molecule has 7 heteroatoms. The largest absolute Gasteiger partial charge is 0.493 e. The highest BCUT2D eigenvalue weighted by Gasteiger charge is 2.15. The lowest BCUT2D eigenvalue weighted by atomic mass is 10.1. The van der Waals surface area contributed by atoms with Gasteiger partial charge < -0.3 is 20.3 Å². The molecule has 0 saturated carbocycles. The van der Waals surface area contributed by atoms with Gasteiger partial charge in [0.1, 0.15) is 6.61 Å². The molecule has 1 aromatic heterocycles.